The first kappa shape index (κ1) is 28.7. The third-order valence-corrected chi connectivity index (χ3v) is 8.75. The second-order valence-electron chi connectivity index (χ2n) is 10.6. The lowest BCUT2D eigenvalue weighted by Gasteiger charge is -2.38. The van der Waals surface area contributed by atoms with Gasteiger partial charge in [0.05, 0.1) is 28.8 Å². The number of benzene rings is 3. The monoisotopic (exact) mass is 581 g/mol. The van der Waals surface area contributed by atoms with Gasteiger partial charge in [-0.05, 0) is 55.9 Å². The van der Waals surface area contributed by atoms with Crippen LogP contribution in [-0.4, -0.2) is 74.9 Å². The van der Waals surface area contributed by atoms with Crippen molar-refractivity contribution in [2.45, 2.75) is 37.4 Å². The summed E-state index contributed by atoms with van der Waals surface area (Å²) in [5, 5.41) is 9.93. The number of hydrogen-bond acceptors (Lipinski definition) is 8. The van der Waals surface area contributed by atoms with Crippen LogP contribution in [0.2, 0.25) is 0 Å². The van der Waals surface area contributed by atoms with Crippen LogP contribution in [0.15, 0.2) is 71.6 Å². The number of rotatable bonds is 9. The Morgan fingerprint density at radius 2 is 1.83 bits per heavy atom. The molecule has 0 fully saturated rings. The molecule has 0 spiro atoms. The molecule has 0 unspecified atom stereocenters. The summed E-state index contributed by atoms with van der Waals surface area (Å²) in [5.41, 5.74) is 1.44. The molecular formula is C30H35N3O7S. The van der Waals surface area contributed by atoms with Gasteiger partial charge in [-0.1, -0.05) is 37.3 Å². The highest BCUT2D eigenvalue weighted by molar-refractivity contribution is 7.92. The third kappa shape index (κ3) is 6.27. The van der Waals surface area contributed by atoms with Crippen molar-refractivity contribution in [3.05, 3.63) is 77.9 Å². The van der Waals surface area contributed by atoms with Crippen LogP contribution in [0, 0.1) is 5.92 Å². The molecule has 3 aromatic carbocycles. The van der Waals surface area contributed by atoms with Crippen LogP contribution in [0.5, 0.6) is 17.2 Å². The Labute approximate surface area is 240 Å². The van der Waals surface area contributed by atoms with Gasteiger partial charge in [0, 0.05) is 25.6 Å². The minimum absolute atomic E-state index is 0.0960. The molecule has 0 radical (unpaired) electrons. The third-order valence-electron chi connectivity index (χ3n) is 7.37. The summed E-state index contributed by atoms with van der Waals surface area (Å²) in [4.78, 5) is 17.5. The predicted octanol–water partition coefficient (Wildman–Crippen LogP) is 3.57. The summed E-state index contributed by atoms with van der Waals surface area (Å²) in [6.07, 6.45) is -0.406. The molecule has 0 aromatic heterocycles. The molecular weight excluding hydrogens is 546 g/mol. The smallest absolute Gasteiger partial charge is 0.262 e. The van der Waals surface area contributed by atoms with Crippen LogP contribution >= 0.6 is 0 Å². The summed E-state index contributed by atoms with van der Waals surface area (Å²) in [6.45, 7) is 5.24. The topological polar surface area (TPSA) is 118 Å². The first-order valence-corrected chi connectivity index (χ1v) is 15.0. The minimum Gasteiger partial charge on any atom is -0.486 e. The molecule has 1 amide bonds. The Morgan fingerprint density at radius 1 is 1.07 bits per heavy atom. The summed E-state index contributed by atoms with van der Waals surface area (Å²) in [6, 6.07) is 18.3. The Bertz CT molecular complexity index is 1500. The highest BCUT2D eigenvalue weighted by Crippen LogP contribution is 2.36. The lowest BCUT2D eigenvalue weighted by atomic mass is 9.99. The van der Waals surface area contributed by atoms with Gasteiger partial charge >= 0.3 is 0 Å². The van der Waals surface area contributed by atoms with Gasteiger partial charge in [0.2, 0.25) is 6.79 Å². The van der Waals surface area contributed by atoms with E-state index >= 15 is 0 Å². The SMILES string of the molecule is C[C@H]1CN([C@@H](C)CO)C(=O)c2cccc(NS(=O)(=O)c3ccccc3)c2O[C@H]1CN(C)Cc1ccc2c(c1)OCO2. The molecule has 3 aromatic rings. The van der Waals surface area contributed by atoms with E-state index in [-0.39, 0.29) is 47.1 Å². The fourth-order valence-corrected chi connectivity index (χ4v) is 6.15. The molecule has 2 N–H and O–H groups in total. The molecule has 218 valence electrons. The van der Waals surface area contributed by atoms with Crippen molar-refractivity contribution in [1.29, 1.82) is 0 Å². The van der Waals surface area contributed by atoms with E-state index < -0.39 is 22.2 Å². The first-order valence-electron chi connectivity index (χ1n) is 13.5. The van der Waals surface area contributed by atoms with Crippen LogP contribution in [-0.2, 0) is 16.6 Å². The maximum absolute atomic E-state index is 13.7. The molecule has 0 saturated heterocycles. The molecule has 0 aliphatic carbocycles. The van der Waals surface area contributed by atoms with Gasteiger partial charge in [-0.25, -0.2) is 8.42 Å². The van der Waals surface area contributed by atoms with Crippen LogP contribution in [0.3, 0.4) is 0 Å². The van der Waals surface area contributed by atoms with E-state index in [4.69, 9.17) is 14.2 Å². The molecule has 41 heavy (non-hydrogen) atoms. The molecule has 0 bridgehead atoms. The number of fused-ring (bicyclic) bond motifs is 2. The second kappa shape index (κ2) is 12.0. The van der Waals surface area contributed by atoms with E-state index in [1.807, 2.05) is 32.2 Å². The maximum Gasteiger partial charge on any atom is 0.262 e. The lowest BCUT2D eigenvalue weighted by Crippen LogP contribution is -2.49. The highest BCUT2D eigenvalue weighted by Gasteiger charge is 2.35. The molecule has 2 heterocycles. The quantitative estimate of drug-likeness (QED) is 0.394. The molecule has 2 aliphatic heterocycles. The minimum atomic E-state index is -3.95. The van der Waals surface area contributed by atoms with Crippen molar-refractivity contribution in [1.82, 2.24) is 9.80 Å². The molecule has 0 saturated carbocycles. The van der Waals surface area contributed by atoms with Gasteiger partial charge in [0.1, 0.15) is 6.10 Å². The van der Waals surface area contributed by atoms with Gasteiger partial charge in [0.25, 0.3) is 15.9 Å². The summed E-state index contributed by atoms with van der Waals surface area (Å²) in [7, 11) is -1.97. The van der Waals surface area contributed by atoms with Crippen molar-refractivity contribution in [3.63, 3.8) is 0 Å². The predicted molar refractivity (Wildman–Crippen MR) is 154 cm³/mol. The van der Waals surface area contributed by atoms with Crippen LogP contribution in [0.1, 0.15) is 29.8 Å². The van der Waals surface area contributed by atoms with Crippen LogP contribution in [0.25, 0.3) is 0 Å². The lowest BCUT2D eigenvalue weighted by molar-refractivity contribution is 0.0344. The van der Waals surface area contributed by atoms with Crippen molar-refractivity contribution < 1.29 is 32.5 Å². The number of carbonyl (C=O) groups is 1. The number of likely N-dealkylation sites (N-methyl/N-ethyl adjacent to an activating group) is 1. The average molecular weight is 582 g/mol. The van der Waals surface area contributed by atoms with E-state index in [9.17, 15) is 18.3 Å². The first-order chi connectivity index (χ1) is 19.7. The van der Waals surface area contributed by atoms with Gasteiger partial charge < -0.3 is 24.2 Å². The fourth-order valence-electron chi connectivity index (χ4n) is 5.07. The number of amides is 1. The number of nitrogens with one attached hydrogen (secondary N) is 1. The van der Waals surface area contributed by atoms with Crippen molar-refractivity contribution in [2.24, 2.45) is 5.92 Å². The largest absolute Gasteiger partial charge is 0.486 e. The normalized spacial score (nSPS) is 19.2. The number of para-hydroxylation sites is 1. The van der Waals surface area contributed by atoms with Crippen LogP contribution in [0.4, 0.5) is 5.69 Å². The van der Waals surface area contributed by atoms with Crippen molar-refractivity contribution in [3.8, 4) is 17.2 Å². The Balaban J connectivity index is 1.46. The zero-order valence-electron chi connectivity index (χ0n) is 23.3. The van der Waals surface area contributed by atoms with Crippen LogP contribution < -0.4 is 18.9 Å². The zero-order chi connectivity index (χ0) is 29.1. The molecule has 5 rings (SSSR count). The fraction of sp³-hybridized carbons (Fsp3) is 0.367. The number of sulfonamides is 1. The molecule has 10 nitrogen and oxygen atoms in total. The standard InChI is InChI=1S/C30H35N3O7S/c1-20-15-33(21(2)18-34)30(35)24-10-7-11-25(31-41(36,37)23-8-5-4-6-9-23)29(24)40-28(20)17-32(3)16-22-12-13-26-27(14-22)39-19-38-26/h4-14,20-21,28,31,34H,15-19H2,1-3H3/t20-,21-,28-/m0/s1. The number of nitrogens with zero attached hydrogens (tertiary/aromatic N) is 2. The Kier molecular flexibility index (Phi) is 8.39. The van der Waals surface area contributed by atoms with E-state index in [1.54, 1.807) is 48.2 Å². The molecule has 3 atom stereocenters. The zero-order valence-corrected chi connectivity index (χ0v) is 24.1. The van der Waals surface area contributed by atoms with Gasteiger partial charge in [0.15, 0.2) is 17.2 Å². The van der Waals surface area contributed by atoms with Crippen molar-refractivity contribution >= 4 is 21.6 Å². The molecule has 2 aliphatic rings. The van der Waals surface area contributed by atoms with Gasteiger partial charge in [-0.3, -0.25) is 14.4 Å². The summed E-state index contributed by atoms with van der Waals surface area (Å²) >= 11 is 0. The number of carbonyl (C=O) groups excluding carboxylic acids is 1. The second-order valence-corrected chi connectivity index (χ2v) is 12.3. The maximum atomic E-state index is 13.7. The highest BCUT2D eigenvalue weighted by atomic mass is 32.2. The number of aliphatic hydroxyl groups excluding tert-OH is 1. The van der Waals surface area contributed by atoms with E-state index in [0.717, 1.165) is 11.3 Å². The summed E-state index contributed by atoms with van der Waals surface area (Å²) in [5.74, 6) is 1.13. The van der Waals surface area contributed by atoms with E-state index in [0.29, 0.717) is 25.4 Å². The van der Waals surface area contributed by atoms with E-state index in [2.05, 4.69) is 9.62 Å². The van der Waals surface area contributed by atoms with Gasteiger partial charge in [-0.2, -0.15) is 0 Å². The Hall–Kier alpha value is -3.80. The number of aliphatic hydroxyl groups is 1. The Morgan fingerprint density at radius 3 is 2.59 bits per heavy atom. The molecule has 11 heteroatoms. The van der Waals surface area contributed by atoms with Gasteiger partial charge in [-0.15, -0.1) is 0 Å². The van der Waals surface area contributed by atoms with E-state index in [1.165, 1.54) is 12.1 Å². The number of ether oxygens (including phenoxy) is 3. The summed E-state index contributed by atoms with van der Waals surface area (Å²) < 4.78 is 46.6. The number of hydrogen-bond donors (Lipinski definition) is 2. The number of anilines is 1. The van der Waals surface area contributed by atoms with Crippen molar-refractivity contribution in [2.75, 3.05) is 38.3 Å². The average Bonchev–Trinajstić information content (AvgIpc) is 3.43.